The van der Waals surface area contributed by atoms with E-state index >= 15 is 0 Å². The monoisotopic (exact) mass is 423 g/mol. The Morgan fingerprint density at radius 1 is 1.18 bits per heavy atom. The van der Waals surface area contributed by atoms with Gasteiger partial charge in [-0.3, -0.25) is 9.52 Å². The molecule has 6 nitrogen and oxygen atoms in total. The molecular weight excluding hydrogens is 398 g/mol. The number of hydrogen-bond acceptors (Lipinski definition) is 3. The number of sulfonamides is 1. The number of anilines is 1. The summed E-state index contributed by atoms with van der Waals surface area (Å²) in [5.41, 5.74) is 2.15. The van der Waals surface area contributed by atoms with E-state index in [0.717, 1.165) is 18.4 Å². The van der Waals surface area contributed by atoms with Gasteiger partial charge in [0.25, 0.3) is 15.9 Å². The summed E-state index contributed by atoms with van der Waals surface area (Å²) < 4.78 is 30.1. The van der Waals surface area contributed by atoms with Gasteiger partial charge in [-0.1, -0.05) is 24.6 Å². The topological polar surface area (TPSA) is 71.4 Å². The first-order valence-electron chi connectivity index (χ1n) is 9.34. The average molecular weight is 424 g/mol. The molecule has 1 aromatic heterocycles. The Kier molecular flexibility index (Phi) is 5.77. The Morgan fingerprint density at radius 2 is 1.82 bits per heavy atom. The molecule has 0 unspecified atom stereocenters. The molecule has 0 aliphatic carbocycles. The van der Waals surface area contributed by atoms with Crippen LogP contribution in [-0.4, -0.2) is 36.9 Å². The van der Waals surface area contributed by atoms with E-state index < -0.39 is 10.0 Å². The van der Waals surface area contributed by atoms with Gasteiger partial charge in [-0.2, -0.15) is 0 Å². The van der Waals surface area contributed by atoms with E-state index in [1.807, 2.05) is 6.92 Å². The average Bonchev–Trinajstić information content (AvgIpc) is 2.94. The number of halogens is 1. The fraction of sp³-hybridized carbons (Fsp3) is 0.450. The predicted molar refractivity (Wildman–Crippen MR) is 111 cm³/mol. The molecule has 1 aliphatic heterocycles. The third kappa shape index (κ3) is 4.05. The molecule has 0 atom stereocenters. The number of aromatic nitrogens is 1. The van der Waals surface area contributed by atoms with Crippen molar-refractivity contribution in [1.82, 2.24) is 9.47 Å². The molecule has 0 bridgehead atoms. The molecule has 0 radical (unpaired) electrons. The highest BCUT2D eigenvalue weighted by atomic mass is 35.5. The highest BCUT2D eigenvalue weighted by Gasteiger charge is 2.28. The SMILES string of the molecule is Cc1ccc(NS(=O)(=O)c2cc(C(=O)N3CCC(C)CC3)n(C)c2C)cc1Cl. The smallest absolute Gasteiger partial charge is 0.270 e. The van der Waals surface area contributed by atoms with Crippen molar-refractivity contribution in [2.45, 2.75) is 38.5 Å². The van der Waals surface area contributed by atoms with Crippen molar-refractivity contribution in [2.75, 3.05) is 17.8 Å². The number of hydrogen-bond donors (Lipinski definition) is 1. The lowest BCUT2D eigenvalue weighted by Crippen LogP contribution is -2.38. The second kappa shape index (κ2) is 7.79. The van der Waals surface area contributed by atoms with E-state index in [0.29, 0.717) is 41.1 Å². The number of rotatable bonds is 4. The van der Waals surface area contributed by atoms with Crippen LogP contribution in [0.2, 0.25) is 5.02 Å². The van der Waals surface area contributed by atoms with E-state index in [1.165, 1.54) is 6.07 Å². The van der Waals surface area contributed by atoms with E-state index in [2.05, 4.69) is 11.6 Å². The summed E-state index contributed by atoms with van der Waals surface area (Å²) in [5, 5.41) is 0.486. The molecule has 0 spiro atoms. The van der Waals surface area contributed by atoms with Gasteiger partial charge in [-0.05, 0) is 56.4 Å². The van der Waals surface area contributed by atoms with Crippen molar-refractivity contribution in [3.05, 3.63) is 46.2 Å². The van der Waals surface area contributed by atoms with Crippen LogP contribution >= 0.6 is 11.6 Å². The Balaban J connectivity index is 1.89. The van der Waals surface area contributed by atoms with Gasteiger partial charge < -0.3 is 9.47 Å². The van der Waals surface area contributed by atoms with Crippen molar-refractivity contribution in [3.8, 4) is 0 Å². The minimum absolute atomic E-state index is 0.0976. The molecule has 2 heterocycles. The molecule has 3 rings (SSSR count). The summed E-state index contributed by atoms with van der Waals surface area (Å²) in [6, 6.07) is 6.46. The van der Waals surface area contributed by atoms with Crippen LogP contribution < -0.4 is 4.72 Å². The molecule has 1 amide bonds. The molecule has 1 fully saturated rings. The first-order valence-corrected chi connectivity index (χ1v) is 11.2. The molecule has 8 heteroatoms. The van der Waals surface area contributed by atoms with Crippen molar-refractivity contribution >= 4 is 33.2 Å². The minimum atomic E-state index is -3.85. The van der Waals surface area contributed by atoms with Crippen LogP contribution in [0.4, 0.5) is 5.69 Å². The van der Waals surface area contributed by atoms with Gasteiger partial charge in [0.15, 0.2) is 0 Å². The molecule has 2 aromatic rings. The summed E-state index contributed by atoms with van der Waals surface area (Å²) in [7, 11) is -2.13. The van der Waals surface area contributed by atoms with Gasteiger partial charge in [0.1, 0.15) is 10.6 Å². The van der Waals surface area contributed by atoms with Crippen LogP contribution in [-0.2, 0) is 17.1 Å². The van der Waals surface area contributed by atoms with Gasteiger partial charge in [-0.25, -0.2) is 8.42 Å². The maximum atomic E-state index is 12.9. The van der Waals surface area contributed by atoms with Crippen LogP contribution in [0.3, 0.4) is 0 Å². The third-order valence-electron chi connectivity index (χ3n) is 5.49. The van der Waals surface area contributed by atoms with Crippen molar-refractivity contribution in [3.63, 3.8) is 0 Å². The highest BCUT2D eigenvalue weighted by Crippen LogP contribution is 2.27. The Bertz CT molecular complexity index is 1010. The number of nitrogens with zero attached hydrogens (tertiary/aromatic N) is 2. The molecular formula is C20H26ClN3O3S. The number of amides is 1. The summed E-state index contributed by atoms with van der Waals surface area (Å²) in [5.74, 6) is 0.484. The van der Waals surface area contributed by atoms with Crippen LogP contribution in [0.25, 0.3) is 0 Å². The number of piperidine rings is 1. The molecule has 1 aromatic carbocycles. The number of nitrogens with one attached hydrogen (secondary N) is 1. The molecule has 1 saturated heterocycles. The lowest BCUT2D eigenvalue weighted by atomic mass is 9.99. The van der Waals surface area contributed by atoms with Crippen LogP contribution in [0.1, 0.15) is 41.5 Å². The van der Waals surface area contributed by atoms with Crippen LogP contribution in [0.5, 0.6) is 0 Å². The number of aryl methyl sites for hydroxylation is 1. The normalized spacial score (nSPS) is 15.7. The number of likely N-dealkylation sites (tertiary alicyclic amines) is 1. The second-order valence-corrected chi connectivity index (χ2v) is 9.64. The van der Waals surface area contributed by atoms with Crippen LogP contribution in [0.15, 0.2) is 29.2 Å². The van der Waals surface area contributed by atoms with Crippen molar-refractivity contribution in [2.24, 2.45) is 13.0 Å². The Labute approximate surface area is 171 Å². The highest BCUT2D eigenvalue weighted by molar-refractivity contribution is 7.92. The first-order chi connectivity index (χ1) is 13.1. The minimum Gasteiger partial charge on any atom is -0.343 e. The predicted octanol–water partition coefficient (Wildman–Crippen LogP) is 3.97. The lowest BCUT2D eigenvalue weighted by molar-refractivity contribution is 0.0687. The summed E-state index contributed by atoms with van der Waals surface area (Å²) >= 11 is 6.10. The quantitative estimate of drug-likeness (QED) is 0.808. The van der Waals surface area contributed by atoms with E-state index in [-0.39, 0.29) is 10.8 Å². The zero-order chi connectivity index (χ0) is 20.6. The number of carbonyl (C=O) groups excluding carboxylic acids is 1. The zero-order valence-corrected chi connectivity index (χ0v) is 18.2. The summed E-state index contributed by atoms with van der Waals surface area (Å²) in [6.45, 7) is 7.13. The standard InChI is InChI=1S/C20H26ClN3O3S/c1-13-7-9-24(10-8-13)20(25)18-12-19(15(3)23(18)4)28(26,27)22-16-6-5-14(2)17(21)11-16/h5-6,11-13,22H,7-10H2,1-4H3. The molecule has 152 valence electrons. The molecule has 1 aliphatic rings. The molecule has 28 heavy (non-hydrogen) atoms. The number of carbonyl (C=O) groups is 1. The van der Waals surface area contributed by atoms with Gasteiger partial charge >= 0.3 is 0 Å². The van der Waals surface area contributed by atoms with E-state index in [1.54, 1.807) is 41.6 Å². The zero-order valence-electron chi connectivity index (χ0n) is 16.6. The Morgan fingerprint density at radius 3 is 2.43 bits per heavy atom. The lowest BCUT2D eigenvalue weighted by Gasteiger charge is -2.30. The molecule has 1 N–H and O–H groups in total. The first kappa shape index (κ1) is 20.7. The van der Waals surface area contributed by atoms with Crippen molar-refractivity contribution in [1.29, 1.82) is 0 Å². The van der Waals surface area contributed by atoms with E-state index in [4.69, 9.17) is 11.6 Å². The maximum absolute atomic E-state index is 12.9. The third-order valence-corrected chi connectivity index (χ3v) is 7.40. The van der Waals surface area contributed by atoms with Gasteiger partial charge in [0.2, 0.25) is 0 Å². The number of benzene rings is 1. The maximum Gasteiger partial charge on any atom is 0.270 e. The van der Waals surface area contributed by atoms with Gasteiger partial charge in [-0.15, -0.1) is 0 Å². The van der Waals surface area contributed by atoms with Crippen LogP contribution in [0, 0.1) is 19.8 Å². The summed E-state index contributed by atoms with van der Waals surface area (Å²) in [4.78, 5) is 14.8. The fourth-order valence-corrected chi connectivity index (χ4v) is 4.91. The second-order valence-electron chi connectivity index (χ2n) is 7.58. The van der Waals surface area contributed by atoms with E-state index in [9.17, 15) is 13.2 Å². The van der Waals surface area contributed by atoms with Gasteiger partial charge in [0.05, 0.1) is 5.69 Å². The molecule has 0 saturated carbocycles. The summed E-state index contributed by atoms with van der Waals surface area (Å²) in [6.07, 6.45) is 1.94. The Hall–Kier alpha value is -1.99. The fourth-order valence-electron chi connectivity index (χ4n) is 3.39. The largest absolute Gasteiger partial charge is 0.343 e. The van der Waals surface area contributed by atoms with Crippen molar-refractivity contribution < 1.29 is 13.2 Å². The van der Waals surface area contributed by atoms with Gasteiger partial charge in [0, 0.05) is 30.9 Å².